The molecule has 3 N–H and O–H groups in total. The van der Waals surface area contributed by atoms with E-state index in [1.165, 1.54) is 6.07 Å². The van der Waals surface area contributed by atoms with Crippen molar-refractivity contribution in [2.75, 3.05) is 11.1 Å². The maximum absolute atomic E-state index is 12.1. The summed E-state index contributed by atoms with van der Waals surface area (Å²) in [5, 5.41) is 11.5. The van der Waals surface area contributed by atoms with E-state index in [1.807, 2.05) is 18.2 Å². The van der Waals surface area contributed by atoms with Crippen molar-refractivity contribution in [1.29, 1.82) is 5.26 Å². The minimum atomic E-state index is -0.221. The number of halogens is 1. The molecule has 0 aliphatic heterocycles. The van der Waals surface area contributed by atoms with Crippen LogP contribution in [0.1, 0.15) is 15.9 Å². The number of hydrogen-bond acceptors (Lipinski definition) is 3. The largest absolute Gasteiger partial charge is 0.397 e. The summed E-state index contributed by atoms with van der Waals surface area (Å²) in [6.45, 7) is 0. The molecule has 5 heteroatoms. The first-order valence-electron chi connectivity index (χ1n) is 5.47. The maximum Gasteiger partial charge on any atom is 0.256 e. The topological polar surface area (TPSA) is 78.9 Å². The summed E-state index contributed by atoms with van der Waals surface area (Å²) in [6, 6.07) is 14.0. The van der Waals surface area contributed by atoms with Crippen LogP contribution in [0.5, 0.6) is 0 Å². The fourth-order valence-electron chi connectivity index (χ4n) is 1.58. The lowest BCUT2D eigenvalue weighted by Gasteiger charge is -2.09. The number of carbonyl (C=O) groups is 1. The predicted molar refractivity (Wildman–Crippen MR) is 82.7 cm³/mol. The standard InChI is InChI=1S/C14H10IN3O/c15-11-4-2-1-3-10(11)14(19)18-13-6-5-9(8-16)7-12(13)17/h1-7H,17H2,(H,18,19). The second-order valence-corrected chi connectivity index (χ2v) is 5.01. The van der Waals surface area contributed by atoms with Gasteiger partial charge in [-0.15, -0.1) is 0 Å². The first-order valence-corrected chi connectivity index (χ1v) is 6.55. The second kappa shape index (κ2) is 5.71. The zero-order valence-corrected chi connectivity index (χ0v) is 12.0. The molecule has 0 bridgehead atoms. The minimum absolute atomic E-state index is 0.221. The van der Waals surface area contributed by atoms with E-state index in [9.17, 15) is 4.79 Å². The molecule has 2 rings (SSSR count). The molecule has 0 aliphatic carbocycles. The number of rotatable bonds is 2. The number of nitrogen functional groups attached to an aromatic ring is 1. The Morgan fingerprint density at radius 2 is 2.00 bits per heavy atom. The highest BCUT2D eigenvalue weighted by molar-refractivity contribution is 14.1. The van der Waals surface area contributed by atoms with Crippen molar-refractivity contribution in [2.45, 2.75) is 0 Å². The van der Waals surface area contributed by atoms with Crippen LogP contribution in [0, 0.1) is 14.9 Å². The SMILES string of the molecule is N#Cc1ccc(NC(=O)c2ccccc2I)c(N)c1. The summed E-state index contributed by atoms with van der Waals surface area (Å²) >= 11 is 2.10. The molecule has 0 fully saturated rings. The lowest BCUT2D eigenvalue weighted by Crippen LogP contribution is -2.14. The van der Waals surface area contributed by atoms with E-state index in [1.54, 1.807) is 24.3 Å². The summed E-state index contributed by atoms with van der Waals surface area (Å²) < 4.78 is 0.866. The van der Waals surface area contributed by atoms with E-state index in [2.05, 4.69) is 27.9 Å². The van der Waals surface area contributed by atoms with Crippen LogP contribution in [0.3, 0.4) is 0 Å². The molecule has 0 atom stereocenters. The van der Waals surface area contributed by atoms with Crippen molar-refractivity contribution in [3.63, 3.8) is 0 Å². The Kier molecular flexibility index (Phi) is 4.02. The fourth-order valence-corrected chi connectivity index (χ4v) is 2.21. The normalized spacial score (nSPS) is 9.68. The van der Waals surface area contributed by atoms with E-state index in [4.69, 9.17) is 11.0 Å². The molecule has 4 nitrogen and oxygen atoms in total. The Bertz CT molecular complexity index is 677. The van der Waals surface area contributed by atoms with Crippen LogP contribution in [0.2, 0.25) is 0 Å². The molecule has 0 radical (unpaired) electrons. The molecule has 94 valence electrons. The molecular formula is C14H10IN3O. The van der Waals surface area contributed by atoms with Gasteiger partial charge in [0, 0.05) is 3.57 Å². The second-order valence-electron chi connectivity index (χ2n) is 3.85. The fraction of sp³-hybridized carbons (Fsp3) is 0. The molecule has 0 unspecified atom stereocenters. The Hall–Kier alpha value is -2.07. The summed E-state index contributed by atoms with van der Waals surface area (Å²) in [6.07, 6.45) is 0. The van der Waals surface area contributed by atoms with Gasteiger partial charge in [0.05, 0.1) is 28.6 Å². The third kappa shape index (κ3) is 3.03. The zero-order chi connectivity index (χ0) is 13.8. The van der Waals surface area contributed by atoms with Gasteiger partial charge in [-0.1, -0.05) is 12.1 Å². The van der Waals surface area contributed by atoms with Crippen molar-refractivity contribution in [2.24, 2.45) is 0 Å². The number of nitriles is 1. The van der Waals surface area contributed by atoms with E-state index in [-0.39, 0.29) is 5.91 Å². The first kappa shape index (κ1) is 13.4. The smallest absolute Gasteiger partial charge is 0.256 e. The number of anilines is 2. The van der Waals surface area contributed by atoms with Gasteiger partial charge in [-0.3, -0.25) is 4.79 Å². The molecule has 0 aromatic heterocycles. The molecule has 0 heterocycles. The zero-order valence-electron chi connectivity index (χ0n) is 9.85. The van der Waals surface area contributed by atoms with E-state index in [0.717, 1.165) is 3.57 Å². The number of carbonyl (C=O) groups excluding carboxylic acids is 1. The number of benzene rings is 2. The highest BCUT2D eigenvalue weighted by atomic mass is 127. The average molecular weight is 363 g/mol. The maximum atomic E-state index is 12.1. The van der Waals surface area contributed by atoms with Gasteiger partial charge in [0.25, 0.3) is 5.91 Å². The molecule has 0 aliphatic rings. The van der Waals surface area contributed by atoms with Crippen molar-refractivity contribution in [3.05, 3.63) is 57.2 Å². The van der Waals surface area contributed by atoms with Crippen LogP contribution in [-0.2, 0) is 0 Å². The predicted octanol–water partition coefficient (Wildman–Crippen LogP) is 3.00. The number of hydrogen-bond donors (Lipinski definition) is 2. The molecule has 0 saturated carbocycles. The summed E-state index contributed by atoms with van der Waals surface area (Å²) in [5.74, 6) is -0.221. The van der Waals surface area contributed by atoms with Gasteiger partial charge in [0.15, 0.2) is 0 Å². The lowest BCUT2D eigenvalue weighted by atomic mass is 10.1. The van der Waals surface area contributed by atoms with Gasteiger partial charge in [-0.25, -0.2) is 0 Å². The highest BCUT2D eigenvalue weighted by Gasteiger charge is 2.11. The quantitative estimate of drug-likeness (QED) is 0.636. The van der Waals surface area contributed by atoms with Crippen molar-refractivity contribution < 1.29 is 4.79 Å². The Labute approximate surface area is 124 Å². The monoisotopic (exact) mass is 363 g/mol. The number of nitrogens with two attached hydrogens (primary N) is 1. The van der Waals surface area contributed by atoms with Crippen molar-refractivity contribution >= 4 is 39.9 Å². The van der Waals surface area contributed by atoms with E-state index < -0.39 is 0 Å². The van der Waals surface area contributed by atoms with E-state index >= 15 is 0 Å². The van der Waals surface area contributed by atoms with Crippen LogP contribution in [0.4, 0.5) is 11.4 Å². The van der Waals surface area contributed by atoms with Gasteiger partial charge < -0.3 is 11.1 Å². The third-order valence-corrected chi connectivity index (χ3v) is 3.49. The molecule has 2 aromatic rings. The average Bonchev–Trinajstić information content (AvgIpc) is 2.41. The molecule has 0 saturated heterocycles. The molecule has 2 aromatic carbocycles. The van der Waals surface area contributed by atoms with Gasteiger partial charge >= 0.3 is 0 Å². The van der Waals surface area contributed by atoms with Crippen LogP contribution in [0.25, 0.3) is 0 Å². The third-order valence-electron chi connectivity index (χ3n) is 2.55. The lowest BCUT2D eigenvalue weighted by molar-refractivity contribution is 0.102. The Morgan fingerprint density at radius 3 is 2.63 bits per heavy atom. The van der Waals surface area contributed by atoms with Gasteiger partial charge in [-0.05, 0) is 52.9 Å². The van der Waals surface area contributed by atoms with Gasteiger partial charge in [0.1, 0.15) is 0 Å². The van der Waals surface area contributed by atoms with E-state index in [0.29, 0.717) is 22.5 Å². The number of nitrogens with zero attached hydrogens (tertiary/aromatic N) is 1. The molecule has 0 spiro atoms. The minimum Gasteiger partial charge on any atom is -0.397 e. The molecule has 19 heavy (non-hydrogen) atoms. The summed E-state index contributed by atoms with van der Waals surface area (Å²) in [4.78, 5) is 12.1. The Morgan fingerprint density at radius 1 is 1.26 bits per heavy atom. The van der Waals surface area contributed by atoms with Crippen molar-refractivity contribution in [1.82, 2.24) is 0 Å². The van der Waals surface area contributed by atoms with Crippen LogP contribution >= 0.6 is 22.6 Å². The molecule has 1 amide bonds. The van der Waals surface area contributed by atoms with Crippen LogP contribution in [-0.4, -0.2) is 5.91 Å². The van der Waals surface area contributed by atoms with Crippen LogP contribution < -0.4 is 11.1 Å². The van der Waals surface area contributed by atoms with Gasteiger partial charge in [-0.2, -0.15) is 5.26 Å². The van der Waals surface area contributed by atoms with Crippen molar-refractivity contribution in [3.8, 4) is 6.07 Å². The molecular weight excluding hydrogens is 353 g/mol. The summed E-state index contributed by atoms with van der Waals surface area (Å²) in [7, 11) is 0. The van der Waals surface area contributed by atoms with Gasteiger partial charge in [0.2, 0.25) is 0 Å². The number of amides is 1. The first-order chi connectivity index (χ1) is 9.11. The highest BCUT2D eigenvalue weighted by Crippen LogP contribution is 2.21. The Balaban J connectivity index is 2.25. The van der Waals surface area contributed by atoms with Crippen LogP contribution in [0.15, 0.2) is 42.5 Å². The summed E-state index contributed by atoms with van der Waals surface area (Å²) in [5.41, 5.74) is 7.72. The number of nitrogens with one attached hydrogen (secondary N) is 1.